The Hall–Kier alpha value is -3.88. The molecular weight excluding hydrogens is 590 g/mol. The number of rotatable bonds is 7. The van der Waals surface area contributed by atoms with E-state index in [1.807, 2.05) is 60.7 Å². The van der Waals surface area contributed by atoms with Crippen LogP contribution in [0.4, 0.5) is 0 Å². The molecule has 11 nitrogen and oxygen atoms in total. The molecular formula is C30H35N5O6S2. The van der Waals surface area contributed by atoms with E-state index in [2.05, 4.69) is 10.0 Å². The zero-order valence-electron chi connectivity index (χ0n) is 23.6. The van der Waals surface area contributed by atoms with Gasteiger partial charge in [-0.05, 0) is 71.0 Å². The Labute approximate surface area is 253 Å². The van der Waals surface area contributed by atoms with Crippen LogP contribution in [0.2, 0.25) is 0 Å². The number of benzene rings is 4. The minimum absolute atomic E-state index is 0.0233. The summed E-state index contributed by atoms with van der Waals surface area (Å²) in [6.45, 7) is 3.25. The number of fused-ring (bicyclic) bond motifs is 2. The summed E-state index contributed by atoms with van der Waals surface area (Å²) in [6, 6.07) is 25.8. The molecule has 43 heavy (non-hydrogen) atoms. The number of sulfonamides is 1. The van der Waals surface area contributed by atoms with Crippen molar-refractivity contribution in [2.75, 3.05) is 19.6 Å². The smallest absolute Gasteiger partial charge is 0.299 e. The fraction of sp³-hybridized carbons (Fsp3) is 0.267. The maximum Gasteiger partial charge on any atom is 0.299 e. The molecule has 7 N–H and O–H groups in total. The average molecular weight is 626 g/mol. The fourth-order valence-corrected chi connectivity index (χ4v) is 6.66. The number of carbonyl (C=O) groups is 1. The van der Waals surface area contributed by atoms with Crippen LogP contribution in [-0.2, 0) is 31.7 Å². The van der Waals surface area contributed by atoms with Crippen molar-refractivity contribution in [1.29, 1.82) is 5.41 Å². The third-order valence-corrected chi connectivity index (χ3v) is 9.11. The zero-order chi connectivity index (χ0) is 31.2. The summed E-state index contributed by atoms with van der Waals surface area (Å²) >= 11 is -2.61. The lowest BCUT2D eigenvalue weighted by Gasteiger charge is -2.34. The van der Waals surface area contributed by atoms with Gasteiger partial charge in [0.25, 0.3) is 11.4 Å². The summed E-state index contributed by atoms with van der Waals surface area (Å²) in [6.07, 6.45) is 1.76. The number of guanidine groups is 1. The highest BCUT2D eigenvalue weighted by atomic mass is 32.2. The third kappa shape index (κ3) is 7.94. The number of hydrogen-bond acceptors (Lipinski definition) is 5. The molecule has 0 radical (unpaired) electrons. The Morgan fingerprint density at radius 1 is 1.00 bits per heavy atom. The van der Waals surface area contributed by atoms with Gasteiger partial charge in [-0.1, -0.05) is 66.7 Å². The van der Waals surface area contributed by atoms with Gasteiger partial charge in [-0.3, -0.25) is 19.3 Å². The van der Waals surface area contributed by atoms with Crippen molar-refractivity contribution in [1.82, 2.24) is 14.9 Å². The highest BCUT2D eigenvalue weighted by Crippen LogP contribution is 2.29. The summed E-state index contributed by atoms with van der Waals surface area (Å²) in [7, 11) is -4.08. The maximum atomic E-state index is 13.9. The van der Waals surface area contributed by atoms with Crippen LogP contribution in [-0.4, -0.2) is 58.1 Å². The Morgan fingerprint density at radius 2 is 1.56 bits per heavy atom. The second-order valence-electron chi connectivity index (χ2n) is 10.6. The van der Waals surface area contributed by atoms with Gasteiger partial charge in [0.1, 0.15) is 5.54 Å². The fourth-order valence-electron chi connectivity index (χ4n) is 5.26. The van der Waals surface area contributed by atoms with Gasteiger partial charge >= 0.3 is 0 Å². The monoisotopic (exact) mass is 625 g/mol. The summed E-state index contributed by atoms with van der Waals surface area (Å²) in [4.78, 5) is 15.7. The minimum Gasteiger partial charge on any atom is -0.370 e. The van der Waals surface area contributed by atoms with Crippen molar-refractivity contribution in [2.24, 2.45) is 11.7 Å². The van der Waals surface area contributed by atoms with Crippen molar-refractivity contribution in [3.8, 4) is 0 Å². The first-order valence-corrected chi connectivity index (χ1v) is 16.1. The van der Waals surface area contributed by atoms with Crippen LogP contribution in [0.25, 0.3) is 21.5 Å². The van der Waals surface area contributed by atoms with Crippen LogP contribution in [0.15, 0.2) is 89.8 Å². The molecule has 0 aromatic heterocycles. The van der Waals surface area contributed by atoms with E-state index in [9.17, 15) is 13.2 Å². The number of carbonyl (C=O) groups excluding carboxylic acids is 1. The van der Waals surface area contributed by atoms with Crippen molar-refractivity contribution in [3.63, 3.8) is 0 Å². The predicted octanol–water partition coefficient (Wildman–Crippen LogP) is 3.59. The molecule has 228 valence electrons. The lowest BCUT2D eigenvalue weighted by molar-refractivity contribution is -0.127. The Bertz CT molecular complexity index is 1760. The van der Waals surface area contributed by atoms with Crippen LogP contribution in [0.1, 0.15) is 25.3 Å². The molecule has 1 amide bonds. The zero-order valence-corrected chi connectivity index (χ0v) is 25.2. The molecule has 1 aliphatic heterocycles. The second-order valence-corrected chi connectivity index (χ2v) is 12.7. The van der Waals surface area contributed by atoms with E-state index < -0.39 is 32.8 Å². The van der Waals surface area contributed by atoms with Gasteiger partial charge in [-0.15, -0.1) is 0 Å². The second kappa shape index (κ2) is 13.6. The molecule has 2 atom stereocenters. The SMILES string of the molecule is C[C@](NS(=O)(=O)c1ccc2ccccc2c1)(C(=O)NCC1CCCN(C(=N)N)C1)c1ccc2ccccc2c1.O=S(O)O. The number of likely N-dealkylation sites (tertiary alicyclic amines) is 1. The molecule has 0 spiro atoms. The number of nitrogens with one attached hydrogen (secondary N) is 3. The van der Waals surface area contributed by atoms with Gasteiger partial charge in [0, 0.05) is 19.6 Å². The van der Waals surface area contributed by atoms with E-state index >= 15 is 0 Å². The molecule has 0 saturated carbocycles. The van der Waals surface area contributed by atoms with Crippen LogP contribution in [0.3, 0.4) is 0 Å². The van der Waals surface area contributed by atoms with Gasteiger partial charge in [0.15, 0.2) is 5.96 Å². The van der Waals surface area contributed by atoms with Gasteiger partial charge in [0.05, 0.1) is 4.90 Å². The van der Waals surface area contributed by atoms with Crippen molar-refractivity contribution >= 4 is 54.8 Å². The predicted molar refractivity (Wildman–Crippen MR) is 168 cm³/mol. The van der Waals surface area contributed by atoms with Crippen LogP contribution >= 0.6 is 0 Å². The molecule has 1 heterocycles. The molecule has 1 saturated heterocycles. The number of piperidine rings is 1. The van der Waals surface area contributed by atoms with E-state index in [0.717, 1.165) is 40.9 Å². The van der Waals surface area contributed by atoms with E-state index in [1.54, 1.807) is 36.1 Å². The van der Waals surface area contributed by atoms with Crippen LogP contribution in [0.5, 0.6) is 0 Å². The summed E-state index contributed by atoms with van der Waals surface area (Å²) < 4.78 is 53.0. The summed E-state index contributed by atoms with van der Waals surface area (Å²) in [5.74, 6) is -0.318. The summed E-state index contributed by atoms with van der Waals surface area (Å²) in [5.41, 5.74) is 4.64. The minimum atomic E-state index is -4.08. The number of hydrogen-bond donors (Lipinski definition) is 6. The Morgan fingerprint density at radius 3 is 2.16 bits per heavy atom. The standard InChI is InChI=1S/C30H33N5O3S.H2O3S/c1-30(26-14-12-22-8-2-4-10-24(22)17-26,28(36)33-19-21-7-6-16-35(20-21)29(31)32)34-39(37,38)27-15-13-23-9-3-5-11-25(23)18-27;1-4(2)3/h2-5,8-15,17-18,21,34H,6-7,16,19-20H2,1H3,(H3,31,32)(H,33,36);(H2,1,2,3)/t21?,30-;/m1./s1. The molecule has 1 aliphatic rings. The highest BCUT2D eigenvalue weighted by molar-refractivity contribution is 7.89. The molecule has 5 rings (SSSR count). The Kier molecular flexibility index (Phi) is 10.1. The largest absolute Gasteiger partial charge is 0.370 e. The quantitative estimate of drug-likeness (QED) is 0.102. The van der Waals surface area contributed by atoms with Crippen molar-refractivity contribution in [3.05, 3.63) is 90.5 Å². The van der Waals surface area contributed by atoms with E-state index in [0.29, 0.717) is 18.7 Å². The maximum absolute atomic E-state index is 13.9. The molecule has 0 aliphatic carbocycles. The molecule has 4 aromatic carbocycles. The molecule has 4 aromatic rings. The van der Waals surface area contributed by atoms with E-state index in [4.69, 9.17) is 24.5 Å². The van der Waals surface area contributed by atoms with Crippen molar-refractivity contribution in [2.45, 2.75) is 30.2 Å². The van der Waals surface area contributed by atoms with Gasteiger partial charge in [0.2, 0.25) is 15.9 Å². The molecule has 1 fully saturated rings. The average Bonchev–Trinajstić information content (AvgIpc) is 2.99. The first kappa shape index (κ1) is 32.0. The van der Waals surface area contributed by atoms with E-state index in [1.165, 1.54) is 0 Å². The van der Waals surface area contributed by atoms with E-state index in [-0.39, 0.29) is 16.8 Å². The third-order valence-electron chi connectivity index (χ3n) is 7.56. The lowest BCUT2D eigenvalue weighted by Crippen LogP contribution is -2.55. The first-order chi connectivity index (χ1) is 20.4. The summed E-state index contributed by atoms with van der Waals surface area (Å²) in [5, 5.41) is 14.4. The van der Waals surface area contributed by atoms with Crippen LogP contribution in [0, 0.1) is 11.3 Å². The first-order valence-electron chi connectivity index (χ1n) is 13.6. The molecule has 0 bridgehead atoms. The normalized spacial score (nSPS) is 16.7. The topological polar surface area (TPSA) is 186 Å². The molecule has 1 unspecified atom stereocenters. The van der Waals surface area contributed by atoms with Crippen LogP contribution < -0.4 is 15.8 Å². The Balaban J connectivity index is 0.000000996. The lowest BCUT2D eigenvalue weighted by atomic mass is 9.90. The molecule has 13 heteroatoms. The number of nitrogens with two attached hydrogens (primary N) is 1. The van der Waals surface area contributed by atoms with Gasteiger partial charge < -0.3 is 16.0 Å². The highest BCUT2D eigenvalue weighted by Gasteiger charge is 2.40. The van der Waals surface area contributed by atoms with Gasteiger partial charge in [-0.25, -0.2) is 8.42 Å². The van der Waals surface area contributed by atoms with Crippen molar-refractivity contribution < 1.29 is 26.5 Å². The number of nitrogens with zero attached hydrogens (tertiary/aromatic N) is 1. The van der Waals surface area contributed by atoms with Gasteiger partial charge in [-0.2, -0.15) is 8.93 Å². The number of amides is 1.